The van der Waals surface area contributed by atoms with E-state index in [1.54, 1.807) is 17.5 Å². The van der Waals surface area contributed by atoms with Crippen LogP contribution in [0.5, 0.6) is 11.5 Å². The number of esters is 1. The fourth-order valence-corrected chi connectivity index (χ4v) is 4.08. The monoisotopic (exact) mass is 412 g/mol. The zero-order chi connectivity index (χ0) is 20.0. The van der Waals surface area contributed by atoms with Gasteiger partial charge >= 0.3 is 5.97 Å². The molecule has 1 aliphatic heterocycles. The molecule has 1 amide bonds. The highest BCUT2D eigenvalue weighted by molar-refractivity contribution is 7.14. The summed E-state index contributed by atoms with van der Waals surface area (Å²) >= 11 is 1.27. The normalized spacial score (nSPS) is 15.8. The Morgan fingerprint density at radius 3 is 2.79 bits per heavy atom. The number of ether oxygens (including phenoxy) is 3. The molecule has 2 aromatic heterocycles. The van der Waals surface area contributed by atoms with Gasteiger partial charge in [0.1, 0.15) is 5.00 Å². The van der Waals surface area contributed by atoms with Gasteiger partial charge in [-0.3, -0.25) is 4.79 Å². The molecule has 3 aromatic rings. The van der Waals surface area contributed by atoms with Crippen LogP contribution in [-0.4, -0.2) is 30.9 Å². The molecule has 1 aromatic carbocycles. The molecule has 0 atom stereocenters. The second kappa shape index (κ2) is 6.63. The Balaban J connectivity index is 1.38. The Labute approximate surface area is 169 Å². The van der Waals surface area contributed by atoms with Crippen molar-refractivity contribution in [2.45, 2.75) is 18.3 Å². The third-order valence-corrected chi connectivity index (χ3v) is 5.97. The Kier molecular flexibility index (Phi) is 4.06. The van der Waals surface area contributed by atoms with Crippen molar-refractivity contribution in [3.05, 3.63) is 47.0 Å². The summed E-state index contributed by atoms with van der Waals surface area (Å²) < 4.78 is 21.0. The van der Waals surface area contributed by atoms with Crippen molar-refractivity contribution in [1.82, 2.24) is 5.16 Å². The predicted molar refractivity (Wildman–Crippen MR) is 103 cm³/mol. The molecule has 1 saturated carbocycles. The van der Waals surface area contributed by atoms with Crippen molar-refractivity contribution in [3.63, 3.8) is 0 Å². The second-order valence-corrected chi connectivity index (χ2v) is 7.75. The van der Waals surface area contributed by atoms with E-state index in [-0.39, 0.29) is 12.7 Å². The number of thiophene rings is 1. The Bertz CT molecular complexity index is 1110. The van der Waals surface area contributed by atoms with E-state index < -0.39 is 11.4 Å². The van der Waals surface area contributed by atoms with E-state index in [0.29, 0.717) is 46.4 Å². The van der Waals surface area contributed by atoms with Gasteiger partial charge in [0.25, 0.3) is 0 Å². The summed E-state index contributed by atoms with van der Waals surface area (Å²) in [6.07, 6.45) is 1.32. The minimum absolute atomic E-state index is 0.194. The molecule has 8 nitrogen and oxygen atoms in total. The fraction of sp³-hybridized carbons (Fsp3) is 0.250. The summed E-state index contributed by atoms with van der Waals surface area (Å²) in [6, 6.07) is 8.89. The van der Waals surface area contributed by atoms with E-state index in [1.807, 2.05) is 18.2 Å². The van der Waals surface area contributed by atoms with Crippen LogP contribution in [0.4, 0.5) is 5.00 Å². The van der Waals surface area contributed by atoms with Gasteiger partial charge in [0, 0.05) is 11.6 Å². The third-order valence-electron chi connectivity index (χ3n) is 5.14. The van der Waals surface area contributed by atoms with Crippen LogP contribution in [-0.2, 0) is 14.9 Å². The molecular weight excluding hydrogens is 396 g/mol. The first-order valence-electron chi connectivity index (χ1n) is 8.95. The van der Waals surface area contributed by atoms with E-state index in [2.05, 4.69) is 10.5 Å². The highest BCUT2D eigenvalue weighted by Crippen LogP contribution is 2.49. The number of carbonyl (C=O) groups is 2. The van der Waals surface area contributed by atoms with Crippen molar-refractivity contribution < 1.29 is 28.3 Å². The molecule has 0 unspecified atom stereocenters. The number of amides is 1. The lowest BCUT2D eigenvalue weighted by Crippen LogP contribution is -2.28. The van der Waals surface area contributed by atoms with Crippen LogP contribution in [0.1, 0.15) is 28.9 Å². The standard InChI is InChI=1S/C20H16N2O6S/c1-25-18(23)12-4-7-29-17(12)21-19(24)20(5-6-20)16-9-14(28-22-16)11-2-3-13-15(8-11)27-10-26-13/h2-4,7-9H,5-6,10H2,1H3,(H,21,24). The lowest BCUT2D eigenvalue weighted by molar-refractivity contribution is -0.118. The van der Waals surface area contributed by atoms with E-state index >= 15 is 0 Å². The summed E-state index contributed by atoms with van der Waals surface area (Å²) in [5.74, 6) is 1.17. The van der Waals surface area contributed by atoms with E-state index in [4.69, 9.17) is 18.7 Å². The predicted octanol–water partition coefficient (Wildman–Crippen LogP) is 3.59. The van der Waals surface area contributed by atoms with Gasteiger partial charge in [0.05, 0.1) is 23.8 Å². The maximum Gasteiger partial charge on any atom is 0.340 e. The maximum atomic E-state index is 13.0. The molecule has 1 N–H and O–H groups in total. The van der Waals surface area contributed by atoms with Gasteiger partial charge in [0.15, 0.2) is 17.3 Å². The molecule has 5 rings (SSSR count). The van der Waals surface area contributed by atoms with Crippen LogP contribution in [0.2, 0.25) is 0 Å². The largest absolute Gasteiger partial charge is 0.465 e. The first-order chi connectivity index (χ1) is 14.1. The smallest absolute Gasteiger partial charge is 0.340 e. The van der Waals surface area contributed by atoms with Gasteiger partial charge < -0.3 is 24.1 Å². The fourth-order valence-electron chi connectivity index (χ4n) is 3.31. The third kappa shape index (κ3) is 2.94. The number of rotatable bonds is 5. The summed E-state index contributed by atoms with van der Waals surface area (Å²) in [5, 5.41) is 9.20. The highest BCUT2D eigenvalue weighted by Gasteiger charge is 2.54. The Morgan fingerprint density at radius 2 is 2.00 bits per heavy atom. The van der Waals surface area contributed by atoms with Crippen LogP contribution in [0.25, 0.3) is 11.3 Å². The summed E-state index contributed by atoms with van der Waals surface area (Å²) in [4.78, 5) is 24.8. The van der Waals surface area contributed by atoms with Crippen molar-refractivity contribution in [2.24, 2.45) is 0 Å². The van der Waals surface area contributed by atoms with Crippen molar-refractivity contribution in [3.8, 4) is 22.8 Å². The first-order valence-corrected chi connectivity index (χ1v) is 9.83. The zero-order valence-corrected chi connectivity index (χ0v) is 16.2. The molecule has 1 aliphatic carbocycles. The molecular formula is C20H16N2O6S. The van der Waals surface area contributed by atoms with Crippen LogP contribution in [0, 0.1) is 0 Å². The number of nitrogens with one attached hydrogen (secondary N) is 1. The SMILES string of the molecule is COC(=O)c1ccsc1NC(=O)C1(c2cc(-c3ccc4c(c3)OCO4)on2)CC1. The van der Waals surface area contributed by atoms with E-state index in [9.17, 15) is 9.59 Å². The number of carbonyl (C=O) groups excluding carboxylic acids is 2. The maximum absolute atomic E-state index is 13.0. The molecule has 0 spiro atoms. The molecule has 2 aliphatic rings. The van der Waals surface area contributed by atoms with Crippen molar-refractivity contribution in [2.75, 3.05) is 19.2 Å². The first kappa shape index (κ1) is 17.7. The second-order valence-electron chi connectivity index (χ2n) is 6.84. The Morgan fingerprint density at radius 1 is 1.17 bits per heavy atom. The number of fused-ring (bicyclic) bond motifs is 1. The molecule has 1 fully saturated rings. The topological polar surface area (TPSA) is 99.9 Å². The van der Waals surface area contributed by atoms with Gasteiger partial charge in [-0.25, -0.2) is 4.79 Å². The van der Waals surface area contributed by atoms with Crippen molar-refractivity contribution >= 4 is 28.2 Å². The highest BCUT2D eigenvalue weighted by atomic mass is 32.1. The molecule has 0 bridgehead atoms. The van der Waals surface area contributed by atoms with Crippen LogP contribution < -0.4 is 14.8 Å². The van der Waals surface area contributed by atoms with Crippen LogP contribution in [0.15, 0.2) is 40.2 Å². The average Bonchev–Trinajstić information content (AvgIpc) is 3.12. The zero-order valence-electron chi connectivity index (χ0n) is 15.4. The molecule has 0 saturated heterocycles. The number of aromatic nitrogens is 1. The minimum Gasteiger partial charge on any atom is -0.465 e. The quantitative estimate of drug-likeness (QED) is 0.639. The lowest BCUT2D eigenvalue weighted by atomic mass is 10.00. The Hall–Kier alpha value is -3.33. The molecule has 0 radical (unpaired) electrons. The molecule has 9 heteroatoms. The summed E-state index contributed by atoms with van der Waals surface area (Å²) in [7, 11) is 1.31. The average molecular weight is 412 g/mol. The number of nitrogens with zero attached hydrogens (tertiary/aromatic N) is 1. The van der Waals surface area contributed by atoms with Gasteiger partial charge in [-0.15, -0.1) is 11.3 Å². The lowest BCUT2D eigenvalue weighted by Gasteiger charge is -2.12. The molecule has 148 valence electrons. The number of hydrogen-bond acceptors (Lipinski definition) is 8. The molecule has 29 heavy (non-hydrogen) atoms. The minimum atomic E-state index is -0.754. The van der Waals surface area contributed by atoms with E-state index in [1.165, 1.54) is 18.4 Å². The number of benzene rings is 1. The van der Waals surface area contributed by atoms with Crippen molar-refractivity contribution in [1.29, 1.82) is 0 Å². The van der Waals surface area contributed by atoms with Crippen LogP contribution >= 0.6 is 11.3 Å². The number of hydrogen-bond donors (Lipinski definition) is 1. The number of methoxy groups -OCH3 is 1. The molecule has 3 heterocycles. The van der Waals surface area contributed by atoms with Gasteiger partial charge in [-0.1, -0.05) is 5.16 Å². The number of anilines is 1. The van der Waals surface area contributed by atoms with Gasteiger partial charge in [0.2, 0.25) is 12.7 Å². The van der Waals surface area contributed by atoms with Gasteiger partial charge in [-0.05, 0) is 42.5 Å². The van der Waals surface area contributed by atoms with Gasteiger partial charge in [-0.2, -0.15) is 0 Å². The summed E-state index contributed by atoms with van der Waals surface area (Å²) in [6.45, 7) is 0.194. The van der Waals surface area contributed by atoms with Crippen LogP contribution in [0.3, 0.4) is 0 Å². The van der Waals surface area contributed by atoms with E-state index in [0.717, 1.165) is 5.56 Å². The summed E-state index contributed by atoms with van der Waals surface area (Å²) in [5.41, 5.74) is 0.937.